The molecule has 0 aliphatic heterocycles. The Bertz CT molecular complexity index is 1050. The van der Waals surface area contributed by atoms with Crippen LogP contribution >= 0.6 is 11.3 Å². The fraction of sp³-hybridized carbons (Fsp3) is 0.263. The number of hydrogen-bond acceptors (Lipinski definition) is 6. The Morgan fingerprint density at radius 1 is 1.15 bits per heavy atom. The van der Waals surface area contributed by atoms with E-state index in [2.05, 4.69) is 62.7 Å². The molecule has 0 amide bonds. The number of thiophene rings is 1. The van der Waals surface area contributed by atoms with Crippen molar-refractivity contribution >= 4 is 27.4 Å². The summed E-state index contributed by atoms with van der Waals surface area (Å²) in [6, 6.07) is 10.5. The topological polar surface area (TPSA) is 68.5 Å². The van der Waals surface area contributed by atoms with E-state index in [1.54, 1.807) is 22.5 Å². The smallest absolute Gasteiger partial charge is 0.138 e. The highest BCUT2D eigenvalue weighted by Crippen LogP contribution is 2.38. The van der Waals surface area contributed by atoms with Crippen LogP contribution in [-0.4, -0.2) is 25.0 Å². The Balaban J connectivity index is 1.35. The molecule has 1 fully saturated rings. The summed E-state index contributed by atoms with van der Waals surface area (Å²) in [5.74, 6) is 1.49. The van der Waals surface area contributed by atoms with Gasteiger partial charge in [-0.25, -0.2) is 9.97 Å². The Kier molecular flexibility index (Phi) is 3.67. The molecule has 130 valence electrons. The predicted octanol–water partition coefficient (Wildman–Crippen LogP) is 4.32. The van der Waals surface area contributed by atoms with Crippen LogP contribution in [0.3, 0.4) is 0 Å². The average molecular weight is 362 g/mol. The van der Waals surface area contributed by atoms with Crippen molar-refractivity contribution < 1.29 is 0 Å². The van der Waals surface area contributed by atoms with Crippen molar-refractivity contribution in [2.45, 2.75) is 31.7 Å². The van der Waals surface area contributed by atoms with Crippen molar-refractivity contribution in [3.05, 3.63) is 59.5 Å². The second-order valence-electron chi connectivity index (χ2n) is 6.65. The van der Waals surface area contributed by atoms with Gasteiger partial charge in [0.2, 0.25) is 0 Å². The van der Waals surface area contributed by atoms with E-state index in [0.717, 1.165) is 27.4 Å². The van der Waals surface area contributed by atoms with Gasteiger partial charge >= 0.3 is 0 Å². The minimum absolute atomic E-state index is 0.134. The standard InChI is InChI=1S/C19H18N6S/c1-12(23-18-16-8-9-26-19(16)21-11-20-18)13-4-6-15(7-5-13)25-22-10-17(24-25)14-2-3-14/h4-12,14H,2-3H2,1H3,(H,20,21,23)/t12-/m0/s1. The third-order valence-electron chi connectivity index (χ3n) is 4.74. The first-order valence-electron chi connectivity index (χ1n) is 8.75. The van der Waals surface area contributed by atoms with E-state index in [0.29, 0.717) is 5.92 Å². The van der Waals surface area contributed by atoms with E-state index in [4.69, 9.17) is 0 Å². The number of rotatable bonds is 5. The molecule has 1 aliphatic rings. The lowest BCUT2D eigenvalue weighted by Crippen LogP contribution is -2.08. The summed E-state index contributed by atoms with van der Waals surface area (Å²) in [5.41, 5.74) is 3.27. The minimum atomic E-state index is 0.134. The van der Waals surface area contributed by atoms with E-state index in [9.17, 15) is 0 Å². The molecule has 3 aromatic heterocycles. The van der Waals surface area contributed by atoms with Crippen LogP contribution in [0.15, 0.2) is 48.2 Å². The molecule has 4 aromatic rings. The maximum absolute atomic E-state index is 4.59. The fourth-order valence-electron chi connectivity index (χ4n) is 3.06. The van der Waals surface area contributed by atoms with Crippen LogP contribution in [0.1, 0.15) is 43.0 Å². The Hall–Kier alpha value is -2.80. The number of benzene rings is 1. The number of nitrogens with zero attached hydrogens (tertiary/aromatic N) is 5. The quantitative estimate of drug-likeness (QED) is 0.572. The van der Waals surface area contributed by atoms with Gasteiger partial charge in [0.1, 0.15) is 17.0 Å². The highest BCUT2D eigenvalue weighted by molar-refractivity contribution is 7.16. The van der Waals surface area contributed by atoms with Gasteiger partial charge in [-0.3, -0.25) is 0 Å². The van der Waals surface area contributed by atoms with Crippen molar-refractivity contribution in [3.8, 4) is 5.69 Å². The van der Waals surface area contributed by atoms with Crippen molar-refractivity contribution in [3.63, 3.8) is 0 Å². The molecule has 1 aliphatic carbocycles. The monoisotopic (exact) mass is 362 g/mol. The van der Waals surface area contributed by atoms with Gasteiger partial charge in [-0.1, -0.05) is 12.1 Å². The van der Waals surface area contributed by atoms with Crippen LogP contribution in [-0.2, 0) is 0 Å². The van der Waals surface area contributed by atoms with Gasteiger partial charge in [0.25, 0.3) is 0 Å². The lowest BCUT2D eigenvalue weighted by molar-refractivity contribution is 0.737. The molecule has 1 atom stereocenters. The largest absolute Gasteiger partial charge is 0.363 e. The maximum atomic E-state index is 4.59. The minimum Gasteiger partial charge on any atom is -0.363 e. The van der Waals surface area contributed by atoms with Gasteiger partial charge in [-0.2, -0.15) is 15.0 Å². The summed E-state index contributed by atoms with van der Waals surface area (Å²) in [7, 11) is 0. The van der Waals surface area contributed by atoms with Crippen LogP contribution in [0.4, 0.5) is 5.82 Å². The highest BCUT2D eigenvalue weighted by atomic mass is 32.1. The Morgan fingerprint density at radius 2 is 2.00 bits per heavy atom. The molecule has 1 N–H and O–H groups in total. The third kappa shape index (κ3) is 2.84. The summed E-state index contributed by atoms with van der Waals surface area (Å²) >= 11 is 1.62. The van der Waals surface area contributed by atoms with Crippen molar-refractivity contribution in [1.82, 2.24) is 25.0 Å². The van der Waals surface area contributed by atoms with E-state index in [-0.39, 0.29) is 6.04 Å². The van der Waals surface area contributed by atoms with Crippen LogP contribution in [0.5, 0.6) is 0 Å². The summed E-state index contributed by atoms with van der Waals surface area (Å²) in [6.45, 7) is 2.13. The molecule has 0 bridgehead atoms. The molecule has 0 saturated heterocycles. The SMILES string of the molecule is C[C@H](Nc1ncnc2sccc12)c1ccc(-n2ncc(C3CC3)n2)cc1. The maximum Gasteiger partial charge on any atom is 0.138 e. The van der Waals surface area contributed by atoms with Gasteiger partial charge < -0.3 is 5.32 Å². The predicted molar refractivity (Wildman–Crippen MR) is 103 cm³/mol. The molecular formula is C19H18N6S. The first-order valence-corrected chi connectivity index (χ1v) is 9.63. The van der Waals surface area contributed by atoms with E-state index < -0.39 is 0 Å². The molecule has 26 heavy (non-hydrogen) atoms. The van der Waals surface area contributed by atoms with E-state index in [1.807, 2.05) is 11.6 Å². The zero-order valence-electron chi connectivity index (χ0n) is 14.3. The van der Waals surface area contributed by atoms with Crippen LogP contribution in [0.25, 0.3) is 15.9 Å². The van der Waals surface area contributed by atoms with Gasteiger partial charge in [-0.05, 0) is 48.9 Å². The molecule has 6 nitrogen and oxygen atoms in total. The average Bonchev–Trinajstić information content (AvgIpc) is 3.20. The zero-order valence-corrected chi connectivity index (χ0v) is 15.1. The second-order valence-corrected chi connectivity index (χ2v) is 7.55. The molecule has 7 heteroatoms. The first-order chi connectivity index (χ1) is 12.8. The Labute approximate surface area is 154 Å². The van der Waals surface area contributed by atoms with Crippen LogP contribution in [0.2, 0.25) is 0 Å². The summed E-state index contributed by atoms with van der Waals surface area (Å²) in [6.07, 6.45) is 5.97. The molecule has 0 unspecified atom stereocenters. The van der Waals surface area contributed by atoms with Crippen molar-refractivity contribution in [2.24, 2.45) is 0 Å². The zero-order chi connectivity index (χ0) is 17.5. The highest BCUT2D eigenvalue weighted by Gasteiger charge is 2.26. The fourth-order valence-corrected chi connectivity index (χ4v) is 3.79. The lowest BCUT2D eigenvalue weighted by atomic mass is 10.1. The first kappa shape index (κ1) is 15.5. The molecule has 1 saturated carbocycles. The van der Waals surface area contributed by atoms with Gasteiger partial charge in [0.15, 0.2) is 0 Å². The number of hydrogen-bond donors (Lipinski definition) is 1. The number of fused-ring (bicyclic) bond motifs is 1. The van der Waals surface area contributed by atoms with Crippen molar-refractivity contribution in [2.75, 3.05) is 5.32 Å². The van der Waals surface area contributed by atoms with Crippen LogP contribution in [0, 0.1) is 0 Å². The van der Waals surface area contributed by atoms with Crippen LogP contribution < -0.4 is 5.32 Å². The van der Waals surface area contributed by atoms with E-state index >= 15 is 0 Å². The van der Waals surface area contributed by atoms with E-state index in [1.165, 1.54) is 18.4 Å². The van der Waals surface area contributed by atoms with Gasteiger partial charge in [-0.15, -0.1) is 11.3 Å². The molecular weight excluding hydrogens is 344 g/mol. The molecule has 1 aromatic carbocycles. The number of nitrogens with one attached hydrogen (secondary N) is 1. The third-order valence-corrected chi connectivity index (χ3v) is 5.56. The molecule has 5 rings (SSSR count). The van der Waals surface area contributed by atoms with Crippen molar-refractivity contribution in [1.29, 1.82) is 0 Å². The number of anilines is 1. The molecule has 3 heterocycles. The Morgan fingerprint density at radius 3 is 2.81 bits per heavy atom. The van der Waals surface area contributed by atoms with Gasteiger partial charge in [0, 0.05) is 12.0 Å². The number of aromatic nitrogens is 5. The second kappa shape index (κ2) is 6.17. The summed E-state index contributed by atoms with van der Waals surface area (Å²) < 4.78 is 0. The normalized spacial score (nSPS) is 15.3. The van der Waals surface area contributed by atoms with Gasteiger partial charge in [0.05, 0.1) is 23.0 Å². The molecule has 0 spiro atoms. The lowest BCUT2D eigenvalue weighted by Gasteiger charge is -2.15. The molecule has 0 radical (unpaired) electrons. The summed E-state index contributed by atoms with van der Waals surface area (Å²) in [5, 5.41) is 15.6. The summed E-state index contributed by atoms with van der Waals surface area (Å²) in [4.78, 5) is 11.4.